The molecule has 0 radical (unpaired) electrons. The number of carbonyl (C=O) groups is 4. The Hall–Kier alpha value is -3.22. The number of fused-ring (bicyclic) bond motifs is 1. The summed E-state index contributed by atoms with van der Waals surface area (Å²) in [4.78, 5) is 62.0. The maximum atomic E-state index is 14.1. The number of likely N-dealkylation sites (N-methyl/N-ethyl adjacent to an activating group) is 1. The molecule has 1 unspecified atom stereocenters. The number of hydrogen-bond donors (Lipinski definition) is 3. The molecule has 0 spiro atoms. The van der Waals surface area contributed by atoms with E-state index in [2.05, 4.69) is 25.8 Å². The Balaban J connectivity index is 1.36. The van der Waals surface area contributed by atoms with Crippen molar-refractivity contribution in [2.24, 2.45) is 11.8 Å². The number of thiazole rings is 1. The Labute approximate surface area is 301 Å². The van der Waals surface area contributed by atoms with Crippen LogP contribution in [0.5, 0.6) is 0 Å². The lowest BCUT2D eigenvalue weighted by Crippen LogP contribution is -2.74. The second-order valence-corrected chi connectivity index (χ2v) is 18.8. The Bertz CT molecular complexity index is 1600. The summed E-state index contributed by atoms with van der Waals surface area (Å²) in [7, 11) is 1.40. The van der Waals surface area contributed by atoms with Crippen LogP contribution in [0.25, 0.3) is 0 Å². The van der Waals surface area contributed by atoms with Crippen molar-refractivity contribution >= 4 is 62.3 Å². The molecule has 2 amide bonds. The van der Waals surface area contributed by atoms with Gasteiger partial charge >= 0.3 is 11.9 Å². The summed E-state index contributed by atoms with van der Waals surface area (Å²) in [5.74, 6) is -1.48. The molecule has 3 fully saturated rings. The zero-order valence-corrected chi connectivity index (χ0v) is 31.1. The first-order chi connectivity index (χ1) is 24.0. The number of nitrogen functional groups attached to an aromatic ring is 1. The van der Waals surface area contributed by atoms with Crippen molar-refractivity contribution in [3.05, 3.63) is 22.3 Å². The number of aliphatic carboxylic acids is 1. The molecule has 2 aliphatic carbocycles. The van der Waals surface area contributed by atoms with Gasteiger partial charge in [-0.05, 0) is 61.7 Å². The fraction of sp³-hybridized carbons (Fsp3) is 0.688. The highest BCUT2D eigenvalue weighted by atomic mass is 32.3. The lowest BCUT2D eigenvalue weighted by Gasteiger charge is -2.61. The first kappa shape index (κ1) is 36.6. The molecular formula is C32H47N9O6S3. The van der Waals surface area contributed by atoms with Crippen LogP contribution >= 0.6 is 33.4 Å². The third-order valence-electron chi connectivity index (χ3n) is 9.97. The Morgan fingerprint density at radius 3 is 2.52 bits per heavy atom. The number of anilines is 1. The van der Waals surface area contributed by atoms with E-state index >= 15 is 0 Å². The number of thioether (sulfide) groups is 1. The summed E-state index contributed by atoms with van der Waals surface area (Å²) < 4.78 is 8.48. The topological polar surface area (TPSA) is 199 Å². The monoisotopic (exact) mass is 749 g/mol. The number of β-lactam (4-membered cyclic amide) rings is 1. The van der Waals surface area contributed by atoms with Crippen LogP contribution in [0.3, 0.4) is 0 Å². The Kier molecular flexibility index (Phi) is 11.7. The van der Waals surface area contributed by atoms with Gasteiger partial charge in [0, 0.05) is 29.2 Å². The maximum Gasteiger partial charge on any atom is 0.352 e. The van der Waals surface area contributed by atoms with Crippen molar-refractivity contribution in [2.75, 3.05) is 43.6 Å². The Morgan fingerprint density at radius 2 is 1.86 bits per heavy atom. The predicted octanol–water partition coefficient (Wildman–Crippen LogP) is 3.04. The number of rotatable bonds is 14. The van der Waals surface area contributed by atoms with Crippen LogP contribution in [0.2, 0.25) is 0 Å². The minimum atomic E-state index is -2.51. The van der Waals surface area contributed by atoms with E-state index in [9.17, 15) is 24.3 Å². The number of carboxylic acids is 1. The number of carboxylic acid groups (broad SMARTS) is 1. The van der Waals surface area contributed by atoms with Gasteiger partial charge in [-0.2, -0.15) is 0 Å². The van der Waals surface area contributed by atoms with Crippen LogP contribution in [0.4, 0.5) is 5.13 Å². The van der Waals surface area contributed by atoms with Gasteiger partial charge in [0.25, 0.3) is 5.91 Å². The van der Waals surface area contributed by atoms with E-state index in [1.54, 1.807) is 10.1 Å². The highest BCUT2D eigenvalue weighted by Crippen LogP contribution is 2.66. The van der Waals surface area contributed by atoms with Crippen molar-refractivity contribution in [3.8, 4) is 0 Å². The first-order valence-corrected chi connectivity index (χ1v) is 21.2. The molecule has 4 aliphatic rings. The molecule has 2 saturated carbocycles. The average molecular weight is 750 g/mol. The first-order valence-electron chi connectivity index (χ1n) is 17.4. The molecule has 15 nitrogen and oxygen atoms in total. The van der Waals surface area contributed by atoms with E-state index < -0.39 is 39.5 Å². The lowest BCUT2D eigenvalue weighted by molar-refractivity contribution is -0.151. The molecule has 4 N–H and O–H groups in total. The van der Waals surface area contributed by atoms with E-state index in [0.717, 1.165) is 64.2 Å². The molecule has 4 heterocycles. The Morgan fingerprint density at radius 1 is 1.14 bits per heavy atom. The van der Waals surface area contributed by atoms with Crippen LogP contribution in [-0.4, -0.2) is 113 Å². The summed E-state index contributed by atoms with van der Waals surface area (Å²) in [5, 5.41) is 27.4. The second-order valence-electron chi connectivity index (χ2n) is 14.0. The second kappa shape index (κ2) is 16.0. The van der Waals surface area contributed by atoms with Crippen molar-refractivity contribution < 1.29 is 28.5 Å². The van der Waals surface area contributed by atoms with Gasteiger partial charge in [0.05, 0.1) is 24.6 Å². The number of nitrogens with zero attached hydrogens (tertiary/aromatic N) is 7. The van der Waals surface area contributed by atoms with Gasteiger partial charge < -0.3 is 25.2 Å². The highest BCUT2D eigenvalue weighted by molar-refractivity contribution is 8.30. The molecule has 274 valence electrons. The largest absolute Gasteiger partial charge is 0.477 e. The van der Waals surface area contributed by atoms with Gasteiger partial charge in [0.1, 0.15) is 17.1 Å². The molecule has 1 saturated heterocycles. The van der Waals surface area contributed by atoms with Crippen LogP contribution < -0.4 is 11.1 Å². The fourth-order valence-electron chi connectivity index (χ4n) is 7.53. The van der Waals surface area contributed by atoms with Gasteiger partial charge in [0.15, 0.2) is 5.13 Å². The van der Waals surface area contributed by atoms with Crippen LogP contribution in [0.1, 0.15) is 69.9 Å². The number of tetrazole rings is 1. The molecule has 6 rings (SSSR count). The summed E-state index contributed by atoms with van der Waals surface area (Å²) in [5.41, 5.74) is 6.66. The van der Waals surface area contributed by atoms with Crippen molar-refractivity contribution in [2.45, 2.75) is 93.7 Å². The highest BCUT2D eigenvalue weighted by Gasteiger charge is 2.63. The van der Waals surface area contributed by atoms with Crippen LogP contribution in [-0.2, 0) is 36.3 Å². The van der Waals surface area contributed by atoms with Crippen molar-refractivity contribution in [1.82, 2.24) is 40.3 Å². The third-order valence-corrected chi connectivity index (χ3v) is 15.5. The predicted molar refractivity (Wildman–Crippen MR) is 191 cm³/mol. The number of aromatic nitrogens is 5. The number of nitrogens with one attached hydrogen (secondary N) is 1. The van der Waals surface area contributed by atoms with Gasteiger partial charge in [-0.25, -0.2) is 14.5 Å². The third kappa shape index (κ3) is 8.12. The number of hydrogen-bond acceptors (Lipinski definition) is 13. The van der Waals surface area contributed by atoms with E-state index in [0.29, 0.717) is 40.4 Å². The molecular weight excluding hydrogens is 703 g/mol. The summed E-state index contributed by atoms with van der Waals surface area (Å²) in [6.07, 6.45) is 9.60. The van der Waals surface area contributed by atoms with E-state index in [-0.39, 0.29) is 41.4 Å². The normalized spacial score (nSPS) is 25.9. The van der Waals surface area contributed by atoms with E-state index in [1.807, 2.05) is 19.0 Å². The number of nitrogens with two attached hydrogens (primary N) is 1. The standard InChI is InChI=1S/C32H47N9O6S3/c1-39(2)13-14-40-32(36-37-38-40)49-16-22-19-50(18-20-9-5-3-6-10-20,47-30(46)21-11-7-4-8-12-21)28-25(27(43)41(28)26(22)29(44)45)35-24(42)15-23-17-48-31(33)34-23/h17,20-21,25,28H,3-16,18-19H2,1-2H3,(H2,33,34)(H,35,42)(H,44,45)/t25-,28-/m1/s1. The summed E-state index contributed by atoms with van der Waals surface area (Å²) in [6, 6.07) is -1.03. The minimum Gasteiger partial charge on any atom is -0.477 e. The van der Waals surface area contributed by atoms with Crippen LogP contribution in [0, 0.1) is 11.8 Å². The average Bonchev–Trinajstić information content (AvgIpc) is 3.73. The lowest BCUT2D eigenvalue weighted by atomic mass is 9.90. The van der Waals surface area contributed by atoms with Crippen LogP contribution in [0.15, 0.2) is 21.8 Å². The summed E-state index contributed by atoms with van der Waals surface area (Å²) in [6.45, 7) is 1.25. The van der Waals surface area contributed by atoms with E-state index in [1.165, 1.54) is 28.0 Å². The molecule has 0 aromatic carbocycles. The SMILES string of the molecule is CN(C)CCn1nnnc1SCC1=C(C(=O)O)N2C(=O)[C@@H](NC(=O)Cc3csc(N)n3)[C@H]2S(CC2CCCCC2)(OC(=O)C2CCCCC2)C1. The minimum absolute atomic E-state index is 0.0803. The van der Waals surface area contributed by atoms with E-state index in [4.69, 9.17) is 9.92 Å². The number of carbonyl (C=O) groups excluding carboxylic acids is 3. The fourth-order valence-corrected chi connectivity index (χ4v) is 13.5. The van der Waals surface area contributed by atoms with Gasteiger partial charge in [-0.15, -0.1) is 16.4 Å². The van der Waals surface area contributed by atoms with Crippen molar-refractivity contribution in [1.29, 1.82) is 0 Å². The smallest absolute Gasteiger partial charge is 0.352 e. The zero-order valence-electron chi connectivity index (χ0n) is 28.6. The van der Waals surface area contributed by atoms with Gasteiger partial charge in [0.2, 0.25) is 11.1 Å². The van der Waals surface area contributed by atoms with Crippen molar-refractivity contribution in [3.63, 3.8) is 0 Å². The molecule has 0 bridgehead atoms. The molecule has 2 aromatic heterocycles. The molecule has 2 aliphatic heterocycles. The number of amides is 2. The summed E-state index contributed by atoms with van der Waals surface area (Å²) >= 11 is 2.53. The molecule has 2 aromatic rings. The zero-order chi connectivity index (χ0) is 35.4. The quantitative estimate of drug-likeness (QED) is 0.188. The van der Waals surface area contributed by atoms with Gasteiger partial charge in [-0.3, -0.25) is 19.3 Å². The maximum absolute atomic E-state index is 14.1. The molecule has 50 heavy (non-hydrogen) atoms. The van der Waals surface area contributed by atoms with Gasteiger partial charge in [-0.1, -0.05) is 60.6 Å². The molecule has 3 atom stereocenters. The molecule has 18 heteroatoms.